The Morgan fingerprint density at radius 1 is 1.44 bits per heavy atom. The molecule has 3 nitrogen and oxygen atoms in total. The lowest BCUT2D eigenvalue weighted by Gasteiger charge is -2.12. The van der Waals surface area contributed by atoms with Crippen molar-refractivity contribution in [2.24, 2.45) is 5.41 Å². The van der Waals surface area contributed by atoms with Gasteiger partial charge in [-0.2, -0.15) is 0 Å². The second-order valence-electron chi connectivity index (χ2n) is 4.57. The molecular formula is C13H13IN2OS. The Morgan fingerprint density at radius 3 is 2.89 bits per heavy atom. The summed E-state index contributed by atoms with van der Waals surface area (Å²) in [6.07, 6.45) is 11.6. The second kappa shape index (κ2) is 5.36. The van der Waals surface area contributed by atoms with Crippen LogP contribution in [0.4, 0.5) is 0 Å². The van der Waals surface area contributed by atoms with Gasteiger partial charge in [-0.3, -0.25) is 4.79 Å². The molecule has 1 aromatic heterocycles. The third-order valence-corrected chi connectivity index (χ3v) is 4.18. The van der Waals surface area contributed by atoms with Crippen LogP contribution in [0.2, 0.25) is 0 Å². The highest BCUT2D eigenvalue weighted by atomic mass is 127. The van der Waals surface area contributed by atoms with Crippen LogP contribution in [-0.4, -0.2) is 10.9 Å². The molecule has 18 heavy (non-hydrogen) atoms. The summed E-state index contributed by atoms with van der Waals surface area (Å²) in [5.41, 5.74) is 0.813. The van der Waals surface area contributed by atoms with Crippen LogP contribution in [0.15, 0.2) is 42.3 Å². The van der Waals surface area contributed by atoms with Gasteiger partial charge in [-0.05, 0) is 34.7 Å². The van der Waals surface area contributed by atoms with Crippen molar-refractivity contribution in [1.29, 1.82) is 0 Å². The van der Waals surface area contributed by atoms with E-state index in [9.17, 15) is 4.79 Å². The molecular weight excluding hydrogens is 359 g/mol. The summed E-state index contributed by atoms with van der Waals surface area (Å²) in [4.78, 5) is 16.6. The Bertz CT molecular complexity index is 555. The van der Waals surface area contributed by atoms with Crippen molar-refractivity contribution in [3.63, 3.8) is 0 Å². The third kappa shape index (κ3) is 3.52. The maximum atomic E-state index is 12.0. The standard InChI is InChI=1S/C13H13IN2OS/c1-13(2)6-3-4-9(5-7-13)16-11(17)10-8-15-12(14)18-10/h3-8H,1-2H3,(H,16,17). The van der Waals surface area contributed by atoms with Crippen molar-refractivity contribution < 1.29 is 4.79 Å². The molecule has 1 amide bonds. The lowest BCUT2D eigenvalue weighted by atomic mass is 9.93. The van der Waals surface area contributed by atoms with Crippen LogP contribution in [0.1, 0.15) is 23.5 Å². The van der Waals surface area contributed by atoms with Crippen LogP contribution >= 0.6 is 33.9 Å². The summed E-state index contributed by atoms with van der Waals surface area (Å²) in [7, 11) is 0. The van der Waals surface area contributed by atoms with Gasteiger partial charge in [0.05, 0.1) is 6.20 Å². The summed E-state index contributed by atoms with van der Waals surface area (Å²) >= 11 is 3.49. The first-order valence-electron chi connectivity index (χ1n) is 5.48. The van der Waals surface area contributed by atoms with Gasteiger partial charge in [0.1, 0.15) is 4.88 Å². The molecule has 0 fully saturated rings. The molecule has 0 aromatic carbocycles. The number of rotatable bonds is 2. The summed E-state index contributed by atoms with van der Waals surface area (Å²) < 4.78 is 0.865. The van der Waals surface area contributed by atoms with Gasteiger partial charge < -0.3 is 5.32 Å². The van der Waals surface area contributed by atoms with Crippen LogP contribution in [0.3, 0.4) is 0 Å². The van der Waals surface area contributed by atoms with Gasteiger partial charge >= 0.3 is 0 Å². The Morgan fingerprint density at radius 2 is 2.22 bits per heavy atom. The number of thiazole rings is 1. The molecule has 0 aliphatic heterocycles. The third-order valence-electron chi connectivity index (χ3n) is 2.45. The molecule has 1 heterocycles. The lowest BCUT2D eigenvalue weighted by molar-refractivity contribution is 0.0971. The molecule has 0 unspecified atom stereocenters. The first-order chi connectivity index (χ1) is 8.46. The largest absolute Gasteiger partial charge is 0.321 e. The van der Waals surface area contributed by atoms with E-state index in [4.69, 9.17) is 0 Å². The van der Waals surface area contributed by atoms with Crippen molar-refractivity contribution in [1.82, 2.24) is 10.3 Å². The van der Waals surface area contributed by atoms with Crippen LogP contribution < -0.4 is 5.32 Å². The molecule has 2 rings (SSSR count). The summed E-state index contributed by atoms with van der Waals surface area (Å²) in [5, 5.41) is 2.88. The first kappa shape index (κ1) is 13.5. The average Bonchev–Trinajstić information content (AvgIpc) is 2.65. The maximum Gasteiger partial charge on any atom is 0.267 e. The van der Waals surface area contributed by atoms with Gasteiger partial charge in [-0.1, -0.05) is 32.1 Å². The van der Waals surface area contributed by atoms with Gasteiger partial charge in [0.15, 0.2) is 3.01 Å². The monoisotopic (exact) mass is 372 g/mol. The molecule has 94 valence electrons. The fourth-order valence-corrected chi connectivity index (χ4v) is 2.84. The van der Waals surface area contributed by atoms with E-state index in [0.717, 1.165) is 8.71 Å². The fourth-order valence-electron chi connectivity index (χ4n) is 1.45. The molecule has 5 heteroatoms. The number of carbonyl (C=O) groups is 1. The van der Waals surface area contributed by atoms with E-state index in [0.29, 0.717) is 4.88 Å². The second-order valence-corrected chi connectivity index (χ2v) is 7.35. The van der Waals surface area contributed by atoms with E-state index in [2.05, 4.69) is 58.9 Å². The smallest absolute Gasteiger partial charge is 0.267 e. The number of hydrogen-bond donors (Lipinski definition) is 1. The van der Waals surface area contributed by atoms with E-state index < -0.39 is 0 Å². The molecule has 0 saturated heterocycles. The van der Waals surface area contributed by atoms with E-state index in [1.54, 1.807) is 6.20 Å². The number of halogens is 1. The van der Waals surface area contributed by atoms with Gasteiger partial charge in [-0.25, -0.2) is 4.98 Å². The predicted molar refractivity (Wildman–Crippen MR) is 82.4 cm³/mol. The van der Waals surface area contributed by atoms with Crippen LogP contribution in [-0.2, 0) is 0 Å². The van der Waals surface area contributed by atoms with Crippen molar-refractivity contribution in [2.75, 3.05) is 0 Å². The number of nitrogens with one attached hydrogen (secondary N) is 1. The normalized spacial score (nSPS) is 17.2. The van der Waals surface area contributed by atoms with E-state index >= 15 is 0 Å². The highest BCUT2D eigenvalue weighted by molar-refractivity contribution is 14.1. The zero-order chi connectivity index (χ0) is 13.2. The molecule has 1 aliphatic rings. The lowest BCUT2D eigenvalue weighted by Crippen LogP contribution is -2.20. The first-order valence-corrected chi connectivity index (χ1v) is 7.37. The number of amides is 1. The Balaban J connectivity index is 2.09. The summed E-state index contributed by atoms with van der Waals surface area (Å²) in [5.74, 6) is -0.112. The minimum absolute atomic E-state index is 0.0167. The number of nitrogens with zero attached hydrogens (tertiary/aromatic N) is 1. The van der Waals surface area contributed by atoms with Crippen molar-refractivity contribution >= 4 is 39.8 Å². The van der Waals surface area contributed by atoms with Gasteiger partial charge in [0.25, 0.3) is 5.91 Å². The number of carbonyl (C=O) groups excluding carboxylic acids is 1. The average molecular weight is 372 g/mol. The van der Waals surface area contributed by atoms with Gasteiger partial charge in [-0.15, -0.1) is 11.3 Å². The van der Waals surface area contributed by atoms with E-state index in [1.807, 2.05) is 18.2 Å². The Kier molecular flexibility index (Phi) is 4.01. The molecule has 0 spiro atoms. The van der Waals surface area contributed by atoms with Crippen LogP contribution in [0.5, 0.6) is 0 Å². The number of allylic oxidation sites excluding steroid dienone is 5. The highest BCUT2D eigenvalue weighted by Crippen LogP contribution is 2.22. The molecule has 1 aromatic rings. The maximum absolute atomic E-state index is 12.0. The number of aromatic nitrogens is 1. The summed E-state index contributed by atoms with van der Waals surface area (Å²) in [6.45, 7) is 4.23. The van der Waals surface area contributed by atoms with Crippen molar-refractivity contribution in [3.8, 4) is 0 Å². The molecule has 0 bridgehead atoms. The molecule has 1 aliphatic carbocycles. The minimum Gasteiger partial charge on any atom is -0.321 e. The fraction of sp³-hybridized carbons (Fsp3) is 0.231. The predicted octanol–water partition coefficient (Wildman–Crippen LogP) is 3.51. The SMILES string of the molecule is CC1(C)C=CC=C(NC(=O)c2cnc(I)s2)C=C1. The molecule has 0 saturated carbocycles. The molecule has 0 atom stereocenters. The van der Waals surface area contributed by atoms with Crippen molar-refractivity contribution in [3.05, 3.63) is 50.2 Å². The summed E-state index contributed by atoms with van der Waals surface area (Å²) in [6, 6.07) is 0. The zero-order valence-electron chi connectivity index (χ0n) is 10.1. The highest BCUT2D eigenvalue weighted by Gasteiger charge is 2.13. The number of hydrogen-bond acceptors (Lipinski definition) is 3. The van der Waals surface area contributed by atoms with Crippen molar-refractivity contribution in [2.45, 2.75) is 13.8 Å². The minimum atomic E-state index is -0.112. The molecule has 1 N–H and O–H groups in total. The van der Waals surface area contributed by atoms with Crippen LogP contribution in [0.25, 0.3) is 0 Å². The Hall–Kier alpha value is -0.950. The van der Waals surface area contributed by atoms with E-state index in [-0.39, 0.29) is 11.3 Å². The van der Waals surface area contributed by atoms with Gasteiger partial charge in [0, 0.05) is 11.1 Å². The van der Waals surface area contributed by atoms with Gasteiger partial charge in [0.2, 0.25) is 0 Å². The van der Waals surface area contributed by atoms with E-state index in [1.165, 1.54) is 11.3 Å². The molecule has 0 radical (unpaired) electrons. The van der Waals surface area contributed by atoms with Crippen LogP contribution in [0, 0.1) is 8.43 Å². The Labute approximate surface area is 124 Å². The zero-order valence-corrected chi connectivity index (χ0v) is 13.1. The quantitative estimate of drug-likeness (QED) is 0.808. The topological polar surface area (TPSA) is 42.0 Å².